The molecule has 0 aliphatic carbocycles. The molecule has 0 bridgehead atoms. The van der Waals surface area contributed by atoms with Crippen LogP contribution in [-0.2, 0) is 24.8 Å². The number of carbonyl (C=O) groups excluding carboxylic acids is 1. The normalized spacial score (nSPS) is 10.8. The standard InChI is InChI=1S/C16H19BrFN3O/c1-10-14(11(2)21(4)19-10)8-16(22)20(3)9-12-7-13(17)5-6-15(12)18/h5-7H,8-9H2,1-4H3. The van der Waals surface area contributed by atoms with Gasteiger partial charge in [0.15, 0.2) is 0 Å². The van der Waals surface area contributed by atoms with Crippen LogP contribution in [0.2, 0.25) is 0 Å². The number of carbonyl (C=O) groups is 1. The summed E-state index contributed by atoms with van der Waals surface area (Å²) in [6, 6.07) is 4.73. The molecule has 2 aromatic rings. The third-order valence-electron chi connectivity index (χ3n) is 3.83. The summed E-state index contributed by atoms with van der Waals surface area (Å²) in [5.74, 6) is -0.366. The number of amides is 1. The number of aryl methyl sites for hydroxylation is 2. The van der Waals surface area contributed by atoms with Gasteiger partial charge in [-0.25, -0.2) is 4.39 Å². The van der Waals surface area contributed by atoms with Gasteiger partial charge in [-0.3, -0.25) is 9.48 Å². The fraction of sp³-hybridized carbons (Fsp3) is 0.375. The van der Waals surface area contributed by atoms with Crippen molar-refractivity contribution in [1.29, 1.82) is 0 Å². The van der Waals surface area contributed by atoms with Crippen molar-refractivity contribution in [3.05, 3.63) is 51.0 Å². The molecular formula is C16H19BrFN3O. The predicted octanol–water partition coefficient (Wildman–Crippen LogP) is 3.14. The van der Waals surface area contributed by atoms with E-state index in [1.807, 2.05) is 20.9 Å². The second-order valence-corrected chi connectivity index (χ2v) is 6.35. The fourth-order valence-electron chi connectivity index (χ4n) is 2.37. The van der Waals surface area contributed by atoms with Crippen LogP contribution in [0.5, 0.6) is 0 Å². The van der Waals surface area contributed by atoms with Gasteiger partial charge in [0, 0.05) is 41.9 Å². The molecule has 1 heterocycles. The summed E-state index contributed by atoms with van der Waals surface area (Å²) in [5.41, 5.74) is 3.27. The van der Waals surface area contributed by atoms with E-state index in [4.69, 9.17) is 0 Å². The maximum Gasteiger partial charge on any atom is 0.227 e. The molecule has 1 amide bonds. The second-order valence-electron chi connectivity index (χ2n) is 5.44. The summed E-state index contributed by atoms with van der Waals surface area (Å²) in [5, 5.41) is 4.31. The number of hydrogen-bond donors (Lipinski definition) is 0. The van der Waals surface area contributed by atoms with Crippen LogP contribution in [0.1, 0.15) is 22.5 Å². The quantitative estimate of drug-likeness (QED) is 0.832. The zero-order valence-corrected chi connectivity index (χ0v) is 14.7. The van der Waals surface area contributed by atoms with Gasteiger partial charge in [0.1, 0.15) is 5.82 Å². The minimum Gasteiger partial charge on any atom is -0.341 e. The zero-order chi connectivity index (χ0) is 16.4. The Morgan fingerprint density at radius 1 is 1.41 bits per heavy atom. The van der Waals surface area contributed by atoms with Gasteiger partial charge in [0.2, 0.25) is 5.91 Å². The summed E-state index contributed by atoms with van der Waals surface area (Å²) in [7, 11) is 3.54. The molecule has 0 atom stereocenters. The first-order chi connectivity index (χ1) is 10.3. The number of nitrogens with zero attached hydrogens (tertiary/aromatic N) is 3. The highest BCUT2D eigenvalue weighted by molar-refractivity contribution is 9.10. The van der Waals surface area contributed by atoms with Gasteiger partial charge in [-0.15, -0.1) is 0 Å². The number of benzene rings is 1. The minimum atomic E-state index is -0.309. The van der Waals surface area contributed by atoms with E-state index in [0.717, 1.165) is 21.4 Å². The molecule has 0 saturated heterocycles. The molecule has 22 heavy (non-hydrogen) atoms. The van der Waals surface area contributed by atoms with Crippen LogP contribution in [0.15, 0.2) is 22.7 Å². The van der Waals surface area contributed by atoms with E-state index in [1.165, 1.54) is 11.0 Å². The largest absolute Gasteiger partial charge is 0.341 e. The Bertz CT molecular complexity index is 712. The summed E-state index contributed by atoms with van der Waals surface area (Å²) in [6.45, 7) is 4.07. The Balaban J connectivity index is 2.11. The molecule has 0 aliphatic heterocycles. The van der Waals surface area contributed by atoms with Gasteiger partial charge in [-0.2, -0.15) is 5.10 Å². The SMILES string of the molecule is Cc1nn(C)c(C)c1CC(=O)N(C)Cc1cc(Br)ccc1F. The van der Waals surface area contributed by atoms with Crippen molar-refractivity contribution in [2.75, 3.05) is 7.05 Å². The number of aromatic nitrogens is 2. The molecule has 0 N–H and O–H groups in total. The minimum absolute atomic E-state index is 0.0569. The lowest BCUT2D eigenvalue weighted by molar-refractivity contribution is -0.129. The van der Waals surface area contributed by atoms with Crippen LogP contribution in [-0.4, -0.2) is 27.6 Å². The molecule has 2 rings (SSSR count). The molecule has 0 spiro atoms. The van der Waals surface area contributed by atoms with E-state index in [-0.39, 0.29) is 24.7 Å². The van der Waals surface area contributed by atoms with Crippen molar-refractivity contribution in [2.45, 2.75) is 26.8 Å². The Kier molecular flexibility index (Phi) is 5.01. The van der Waals surface area contributed by atoms with Crippen molar-refractivity contribution in [3.63, 3.8) is 0 Å². The molecule has 4 nitrogen and oxygen atoms in total. The van der Waals surface area contributed by atoms with Crippen molar-refractivity contribution in [2.24, 2.45) is 7.05 Å². The van der Waals surface area contributed by atoms with Crippen LogP contribution in [0, 0.1) is 19.7 Å². The van der Waals surface area contributed by atoms with Crippen molar-refractivity contribution in [1.82, 2.24) is 14.7 Å². The van der Waals surface area contributed by atoms with Crippen LogP contribution in [0.25, 0.3) is 0 Å². The monoisotopic (exact) mass is 367 g/mol. The number of likely N-dealkylation sites (N-methyl/N-ethyl adjacent to an activating group) is 1. The molecule has 0 saturated carbocycles. The highest BCUT2D eigenvalue weighted by Crippen LogP contribution is 2.18. The van der Waals surface area contributed by atoms with E-state index >= 15 is 0 Å². The molecule has 0 aliphatic rings. The van der Waals surface area contributed by atoms with Gasteiger partial charge in [-0.1, -0.05) is 15.9 Å². The third-order valence-corrected chi connectivity index (χ3v) is 4.32. The summed E-state index contributed by atoms with van der Waals surface area (Å²) in [6.07, 6.45) is 0.275. The molecule has 118 valence electrons. The van der Waals surface area contributed by atoms with Gasteiger partial charge in [-0.05, 0) is 32.0 Å². The lowest BCUT2D eigenvalue weighted by Gasteiger charge is -2.18. The summed E-state index contributed by atoms with van der Waals surface area (Å²) < 4.78 is 16.3. The topological polar surface area (TPSA) is 38.1 Å². The van der Waals surface area contributed by atoms with Crippen molar-refractivity contribution in [3.8, 4) is 0 Å². The van der Waals surface area contributed by atoms with E-state index in [1.54, 1.807) is 23.9 Å². The van der Waals surface area contributed by atoms with Crippen molar-refractivity contribution < 1.29 is 9.18 Å². The maximum atomic E-state index is 13.8. The first kappa shape index (κ1) is 16.7. The zero-order valence-electron chi connectivity index (χ0n) is 13.2. The number of hydrogen-bond acceptors (Lipinski definition) is 2. The van der Waals surface area contributed by atoms with Crippen LogP contribution in [0.3, 0.4) is 0 Å². The Hall–Kier alpha value is -1.69. The Labute approximate surface area is 138 Å². The molecule has 0 unspecified atom stereocenters. The molecule has 0 fully saturated rings. The fourth-order valence-corrected chi connectivity index (χ4v) is 2.78. The predicted molar refractivity (Wildman–Crippen MR) is 87.0 cm³/mol. The molecule has 1 aromatic heterocycles. The number of rotatable bonds is 4. The molecular weight excluding hydrogens is 349 g/mol. The second kappa shape index (κ2) is 6.60. The third kappa shape index (κ3) is 3.55. The van der Waals surface area contributed by atoms with Crippen LogP contribution in [0.4, 0.5) is 4.39 Å². The van der Waals surface area contributed by atoms with Gasteiger partial charge >= 0.3 is 0 Å². The molecule has 6 heteroatoms. The lowest BCUT2D eigenvalue weighted by Crippen LogP contribution is -2.28. The smallest absolute Gasteiger partial charge is 0.227 e. The summed E-state index contributed by atoms with van der Waals surface area (Å²) in [4.78, 5) is 13.9. The van der Waals surface area contributed by atoms with E-state index in [9.17, 15) is 9.18 Å². The maximum absolute atomic E-state index is 13.8. The first-order valence-electron chi connectivity index (χ1n) is 6.96. The van der Waals surface area contributed by atoms with Crippen LogP contribution < -0.4 is 0 Å². The van der Waals surface area contributed by atoms with Crippen LogP contribution >= 0.6 is 15.9 Å². The van der Waals surface area contributed by atoms with E-state index < -0.39 is 0 Å². The van der Waals surface area contributed by atoms with Gasteiger partial charge in [0.05, 0.1) is 12.1 Å². The lowest BCUT2D eigenvalue weighted by atomic mass is 10.1. The van der Waals surface area contributed by atoms with Gasteiger partial charge in [0.25, 0.3) is 0 Å². The summed E-state index contributed by atoms with van der Waals surface area (Å²) >= 11 is 3.32. The molecule has 1 aromatic carbocycles. The number of halogens is 2. The van der Waals surface area contributed by atoms with Crippen molar-refractivity contribution >= 4 is 21.8 Å². The van der Waals surface area contributed by atoms with Gasteiger partial charge < -0.3 is 4.90 Å². The Morgan fingerprint density at radius 2 is 2.09 bits per heavy atom. The van der Waals surface area contributed by atoms with E-state index in [2.05, 4.69) is 21.0 Å². The highest BCUT2D eigenvalue weighted by Gasteiger charge is 2.17. The highest BCUT2D eigenvalue weighted by atomic mass is 79.9. The first-order valence-corrected chi connectivity index (χ1v) is 7.76. The average Bonchev–Trinajstić information content (AvgIpc) is 2.69. The molecule has 0 radical (unpaired) electrons. The average molecular weight is 368 g/mol. The van der Waals surface area contributed by atoms with E-state index in [0.29, 0.717) is 5.56 Å². The Morgan fingerprint density at radius 3 is 2.68 bits per heavy atom.